The molecule has 1 aliphatic rings. The van der Waals surface area contributed by atoms with Gasteiger partial charge in [-0.05, 0) is 42.5 Å². The number of hydrogen-bond acceptors (Lipinski definition) is 3. The molecule has 0 atom stereocenters. The Morgan fingerprint density at radius 3 is 2.50 bits per heavy atom. The maximum atomic E-state index is 12.4. The molecule has 7 heteroatoms. The predicted octanol–water partition coefficient (Wildman–Crippen LogP) is 1.01. The predicted molar refractivity (Wildman–Crippen MR) is 108 cm³/mol. The van der Waals surface area contributed by atoms with E-state index in [9.17, 15) is 9.59 Å². The molecule has 2 aromatic carbocycles. The maximum Gasteiger partial charge on any atom is 0.251 e. The number of ether oxygens (including phenoxy) is 1. The van der Waals surface area contributed by atoms with Crippen molar-refractivity contribution in [1.29, 1.82) is 0 Å². The van der Waals surface area contributed by atoms with E-state index in [1.807, 2.05) is 17.0 Å². The van der Waals surface area contributed by atoms with Gasteiger partial charge in [-0.1, -0.05) is 17.7 Å². The Morgan fingerprint density at radius 2 is 1.86 bits per heavy atom. The zero-order valence-electron chi connectivity index (χ0n) is 15.9. The molecular weight excluding hydrogens is 378 g/mol. The zero-order valence-corrected chi connectivity index (χ0v) is 16.7. The fourth-order valence-corrected chi connectivity index (χ4v) is 3.47. The molecule has 0 radical (unpaired) electrons. The van der Waals surface area contributed by atoms with E-state index < -0.39 is 0 Å². The molecule has 2 N–H and O–H groups in total. The SMILES string of the molecule is COc1ccc(C[NH+]2CCN(C(=O)CNC(=O)c3cccc(Cl)c3)CC2)cc1. The number of benzene rings is 2. The molecule has 0 bridgehead atoms. The van der Waals surface area contributed by atoms with Crippen LogP contribution in [0.15, 0.2) is 48.5 Å². The smallest absolute Gasteiger partial charge is 0.251 e. The molecule has 1 fully saturated rings. The van der Waals surface area contributed by atoms with Crippen LogP contribution >= 0.6 is 11.6 Å². The minimum absolute atomic E-state index is 0.000833. The first kappa shape index (κ1) is 20.2. The van der Waals surface area contributed by atoms with Crippen LogP contribution in [0.2, 0.25) is 5.02 Å². The highest BCUT2D eigenvalue weighted by Crippen LogP contribution is 2.11. The Morgan fingerprint density at radius 1 is 1.14 bits per heavy atom. The number of rotatable bonds is 6. The van der Waals surface area contributed by atoms with Crippen molar-refractivity contribution in [3.8, 4) is 5.75 Å². The molecule has 0 unspecified atom stereocenters. The van der Waals surface area contributed by atoms with Crippen LogP contribution in [0.4, 0.5) is 0 Å². The fourth-order valence-electron chi connectivity index (χ4n) is 3.28. The van der Waals surface area contributed by atoms with Crippen molar-refractivity contribution in [3.63, 3.8) is 0 Å². The van der Waals surface area contributed by atoms with Gasteiger partial charge < -0.3 is 19.9 Å². The second-order valence-corrected chi connectivity index (χ2v) is 7.29. The van der Waals surface area contributed by atoms with Crippen molar-refractivity contribution in [2.75, 3.05) is 39.8 Å². The minimum atomic E-state index is -0.292. The summed E-state index contributed by atoms with van der Waals surface area (Å²) in [4.78, 5) is 27.8. The monoisotopic (exact) mass is 402 g/mol. The van der Waals surface area contributed by atoms with Gasteiger partial charge in [0, 0.05) is 16.1 Å². The van der Waals surface area contributed by atoms with Crippen LogP contribution in [0, 0.1) is 0 Å². The van der Waals surface area contributed by atoms with Crippen molar-refractivity contribution < 1.29 is 19.2 Å². The molecule has 2 aromatic rings. The molecule has 1 saturated heterocycles. The molecule has 6 nitrogen and oxygen atoms in total. The number of nitrogens with one attached hydrogen (secondary N) is 2. The van der Waals surface area contributed by atoms with E-state index in [0.717, 1.165) is 25.4 Å². The van der Waals surface area contributed by atoms with Crippen LogP contribution in [-0.2, 0) is 11.3 Å². The lowest BCUT2D eigenvalue weighted by atomic mass is 10.2. The molecular formula is C21H25ClN3O3+. The molecule has 0 aromatic heterocycles. The molecule has 1 heterocycles. The van der Waals surface area contributed by atoms with Crippen molar-refractivity contribution >= 4 is 23.4 Å². The molecule has 148 valence electrons. The lowest BCUT2D eigenvalue weighted by molar-refractivity contribution is -0.917. The van der Waals surface area contributed by atoms with E-state index in [1.54, 1.807) is 31.4 Å². The highest BCUT2D eigenvalue weighted by molar-refractivity contribution is 6.30. The van der Waals surface area contributed by atoms with E-state index in [0.29, 0.717) is 23.7 Å². The third-order valence-electron chi connectivity index (χ3n) is 4.92. The lowest BCUT2D eigenvalue weighted by Gasteiger charge is -2.32. The topological polar surface area (TPSA) is 63.1 Å². The Kier molecular flexibility index (Phi) is 6.90. The maximum absolute atomic E-state index is 12.4. The molecule has 0 aliphatic carbocycles. The van der Waals surface area contributed by atoms with Gasteiger partial charge in [-0.15, -0.1) is 0 Å². The number of carbonyl (C=O) groups excluding carboxylic acids is 2. The highest BCUT2D eigenvalue weighted by atomic mass is 35.5. The molecule has 3 rings (SSSR count). The fraction of sp³-hybridized carbons (Fsp3) is 0.333. The summed E-state index contributed by atoms with van der Waals surface area (Å²) in [7, 11) is 1.66. The number of carbonyl (C=O) groups is 2. The number of quaternary nitrogens is 1. The van der Waals surface area contributed by atoms with Crippen LogP contribution < -0.4 is 15.0 Å². The summed E-state index contributed by atoms with van der Waals surface area (Å²) in [6.07, 6.45) is 0. The van der Waals surface area contributed by atoms with E-state index in [4.69, 9.17) is 16.3 Å². The number of hydrogen-bond donors (Lipinski definition) is 2. The quantitative estimate of drug-likeness (QED) is 0.758. The standard InChI is InChI=1S/C21H24ClN3O3/c1-28-19-7-5-16(6-8-19)15-24-9-11-25(12-10-24)20(26)14-23-21(27)17-3-2-4-18(22)13-17/h2-8,13H,9-12,14-15H2,1H3,(H,23,27)/p+1. The second-order valence-electron chi connectivity index (χ2n) is 6.85. The number of halogens is 1. The summed E-state index contributed by atoms with van der Waals surface area (Å²) < 4.78 is 5.19. The average molecular weight is 403 g/mol. The highest BCUT2D eigenvalue weighted by Gasteiger charge is 2.24. The van der Waals surface area contributed by atoms with Gasteiger partial charge in [0.2, 0.25) is 5.91 Å². The Labute approximate surface area is 170 Å². The van der Waals surface area contributed by atoms with Crippen LogP contribution in [0.1, 0.15) is 15.9 Å². The van der Waals surface area contributed by atoms with E-state index in [2.05, 4.69) is 17.4 Å². The van der Waals surface area contributed by atoms with E-state index in [-0.39, 0.29) is 18.4 Å². The average Bonchev–Trinajstić information content (AvgIpc) is 2.73. The first-order valence-corrected chi connectivity index (χ1v) is 9.71. The molecule has 2 amide bonds. The molecule has 0 saturated carbocycles. The molecule has 28 heavy (non-hydrogen) atoms. The van der Waals surface area contributed by atoms with Gasteiger partial charge in [0.25, 0.3) is 5.91 Å². The molecule has 1 aliphatic heterocycles. The summed E-state index contributed by atoms with van der Waals surface area (Å²) in [6.45, 7) is 4.09. The summed E-state index contributed by atoms with van der Waals surface area (Å²) >= 11 is 5.90. The largest absolute Gasteiger partial charge is 0.497 e. The number of amides is 2. The van der Waals surface area contributed by atoms with Crippen molar-refractivity contribution in [2.24, 2.45) is 0 Å². The summed E-state index contributed by atoms with van der Waals surface area (Å²) in [5.41, 5.74) is 1.71. The first-order chi connectivity index (χ1) is 13.5. The van der Waals surface area contributed by atoms with Gasteiger partial charge in [0.05, 0.1) is 39.8 Å². The Hall–Kier alpha value is -2.57. The Balaban J connectivity index is 1.42. The second kappa shape index (κ2) is 9.57. The molecule has 0 spiro atoms. The number of piperazine rings is 1. The van der Waals surface area contributed by atoms with Crippen LogP contribution in [-0.4, -0.2) is 56.5 Å². The zero-order chi connectivity index (χ0) is 19.9. The first-order valence-electron chi connectivity index (χ1n) is 9.33. The Bertz CT molecular complexity index is 818. The van der Waals surface area contributed by atoms with Crippen molar-refractivity contribution in [3.05, 3.63) is 64.7 Å². The van der Waals surface area contributed by atoms with Crippen LogP contribution in [0.5, 0.6) is 5.75 Å². The number of nitrogens with zero attached hydrogens (tertiary/aromatic N) is 1. The summed E-state index contributed by atoms with van der Waals surface area (Å²) in [5, 5.41) is 3.17. The van der Waals surface area contributed by atoms with Gasteiger partial charge in [-0.25, -0.2) is 0 Å². The van der Waals surface area contributed by atoms with Crippen LogP contribution in [0.25, 0.3) is 0 Å². The third kappa shape index (κ3) is 5.47. The van der Waals surface area contributed by atoms with Gasteiger partial charge in [-0.2, -0.15) is 0 Å². The third-order valence-corrected chi connectivity index (χ3v) is 5.16. The van der Waals surface area contributed by atoms with E-state index >= 15 is 0 Å². The normalized spacial score (nSPS) is 14.6. The number of methoxy groups -OCH3 is 1. The van der Waals surface area contributed by atoms with Gasteiger partial charge in [0.1, 0.15) is 12.3 Å². The summed E-state index contributed by atoms with van der Waals surface area (Å²) in [6, 6.07) is 14.8. The minimum Gasteiger partial charge on any atom is -0.497 e. The van der Waals surface area contributed by atoms with E-state index in [1.165, 1.54) is 10.5 Å². The van der Waals surface area contributed by atoms with Crippen molar-refractivity contribution in [2.45, 2.75) is 6.54 Å². The van der Waals surface area contributed by atoms with Gasteiger partial charge in [-0.3, -0.25) is 9.59 Å². The van der Waals surface area contributed by atoms with Crippen LogP contribution in [0.3, 0.4) is 0 Å². The lowest BCUT2D eigenvalue weighted by Crippen LogP contribution is -3.13. The summed E-state index contributed by atoms with van der Waals surface area (Å²) in [5.74, 6) is 0.507. The van der Waals surface area contributed by atoms with Gasteiger partial charge >= 0.3 is 0 Å². The van der Waals surface area contributed by atoms with Gasteiger partial charge in [0.15, 0.2) is 0 Å². The van der Waals surface area contributed by atoms with Crippen molar-refractivity contribution in [1.82, 2.24) is 10.2 Å².